The second-order valence-electron chi connectivity index (χ2n) is 3.55. The molecular weight excluding hydrogens is 242 g/mol. The Morgan fingerprint density at radius 1 is 1.43 bits per heavy atom. The zero-order valence-corrected chi connectivity index (χ0v) is 10.2. The van der Waals surface area contributed by atoms with Crippen LogP contribution in [0.25, 0.3) is 0 Å². The third kappa shape index (κ3) is 2.84. The quantitative estimate of drug-likeness (QED) is 0.839. The Morgan fingerprint density at radius 3 is 2.57 bits per heavy atom. The molecule has 0 saturated carbocycles. The maximum absolute atomic E-state index is 11.3. The van der Waals surface area contributed by atoms with E-state index >= 15 is 0 Å². The van der Waals surface area contributed by atoms with Crippen molar-refractivity contribution >= 4 is 27.4 Å². The Morgan fingerprint density at radius 2 is 2.07 bits per heavy atom. The van der Waals surface area contributed by atoms with E-state index in [1.165, 1.54) is 0 Å². The molecule has 0 unspecified atom stereocenters. The van der Waals surface area contributed by atoms with E-state index in [0.29, 0.717) is 6.04 Å². The summed E-state index contributed by atoms with van der Waals surface area (Å²) in [4.78, 5) is 11.3. The average molecular weight is 256 g/mol. The molecule has 14 heavy (non-hydrogen) atoms. The zero-order valence-electron chi connectivity index (χ0n) is 8.60. The number of carbonyl (C=O) groups excluding carboxylic acids is 1. The monoisotopic (exact) mass is 255 g/mol. The highest BCUT2D eigenvalue weighted by atomic mass is 79.9. The summed E-state index contributed by atoms with van der Waals surface area (Å²) >= 11 is 3.35. The predicted molar refractivity (Wildman–Crippen MR) is 62.9 cm³/mol. The number of Topliss-reactive ketones (excluding diaryl/α,β-unsaturated/α-hetero) is 1. The normalized spacial score (nSPS) is 10.4. The third-order valence-corrected chi connectivity index (χ3v) is 2.30. The van der Waals surface area contributed by atoms with E-state index in [9.17, 15) is 4.79 Å². The Labute approximate surface area is 92.8 Å². The molecular formula is C11H14BrNO. The molecule has 0 spiro atoms. The van der Waals surface area contributed by atoms with E-state index in [4.69, 9.17) is 0 Å². The minimum Gasteiger partial charge on any atom is -0.382 e. The third-order valence-electron chi connectivity index (χ3n) is 1.81. The van der Waals surface area contributed by atoms with Gasteiger partial charge in [-0.3, -0.25) is 4.79 Å². The van der Waals surface area contributed by atoms with Gasteiger partial charge >= 0.3 is 0 Å². The molecule has 76 valence electrons. The molecule has 0 atom stereocenters. The number of carbonyl (C=O) groups is 1. The van der Waals surface area contributed by atoms with Gasteiger partial charge in [-0.2, -0.15) is 0 Å². The van der Waals surface area contributed by atoms with Crippen molar-refractivity contribution in [1.29, 1.82) is 0 Å². The van der Waals surface area contributed by atoms with Crippen LogP contribution in [0.3, 0.4) is 0 Å². The molecule has 0 aliphatic rings. The second-order valence-corrected chi connectivity index (χ2v) is 4.46. The fourth-order valence-electron chi connectivity index (χ4n) is 1.24. The van der Waals surface area contributed by atoms with Gasteiger partial charge in [0, 0.05) is 21.8 Å². The number of halogens is 1. The van der Waals surface area contributed by atoms with E-state index in [1.54, 1.807) is 6.92 Å². The lowest BCUT2D eigenvalue weighted by Gasteiger charge is -2.13. The van der Waals surface area contributed by atoms with Crippen molar-refractivity contribution in [3.63, 3.8) is 0 Å². The van der Waals surface area contributed by atoms with Crippen molar-refractivity contribution in [2.45, 2.75) is 26.8 Å². The van der Waals surface area contributed by atoms with E-state index < -0.39 is 0 Å². The Hall–Kier alpha value is -0.830. The first-order valence-electron chi connectivity index (χ1n) is 4.57. The molecule has 1 aromatic rings. The standard InChI is InChI=1S/C11H14BrNO/c1-7(2)13-11-5-4-9(12)6-10(11)8(3)14/h4-7,13H,1-3H3. The highest BCUT2D eigenvalue weighted by Gasteiger charge is 2.08. The SMILES string of the molecule is CC(=O)c1cc(Br)ccc1NC(C)C. The lowest BCUT2D eigenvalue weighted by molar-refractivity contribution is 0.101. The maximum Gasteiger partial charge on any atom is 0.161 e. The molecule has 2 nitrogen and oxygen atoms in total. The van der Waals surface area contributed by atoms with Gasteiger partial charge in [-0.05, 0) is 39.0 Å². The van der Waals surface area contributed by atoms with Crippen molar-refractivity contribution in [3.8, 4) is 0 Å². The molecule has 1 aromatic carbocycles. The first kappa shape index (κ1) is 11.2. The fraction of sp³-hybridized carbons (Fsp3) is 0.364. The topological polar surface area (TPSA) is 29.1 Å². The molecule has 3 heteroatoms. The van der Waals surface area contributed by atoms with Crippen molar-refractivity contribution in [2.24, 2.45) is 0 Å². The molecule has 0 fully saturated rings. The van der Waals surface area contributed by atoms with Crippen LogP contribution in [0.5, 0.6) is 0 Å². The molecule has 1 N–H and O–H groups in total. The molecule has 0 aliphatic heterocycles. The number of benzene rings is 1. The van der Waals surface area contributed by atoms with Gasteiger partial charge in [0.15, 0.2) is 5.78 Å². The number of anilines is 1. The van der Waals surface area contributed by atoms with Crippen molar-refractivity contribution in [2.75, 3.05) is 5.32 Å². The van der Waals surface area contributed by atoms with Gasteiger partial charge in [-0.1, -0.05) is 15.9 Å². The van der Waals surface area contributed by atoms with E-state index in [-0.39, 0.29) is 5.78 Å². The first-order chi connectivity index (χ1) is 6.50. The van der Waals surface area contributed by atoms with Crippen LogP contribution in [-0.2, 0) is 0 Å². The average Bonchev–Trinajstić information content (AvgIpc) is 2.07. The minimum atomic E-state index is 0.0782. The van der Waals surface area contributed by atoms with Crippen LogP contribution in [0.15, 0.2) is 22.7 Å². The minimum absolute atomic E-state index is 0.0782. The molecule has 0 saturated heterocycles. The summed E-state index contributed by atoms with van der Waals surface area (Å²) in [6, 6.07) is 6.01. The summed E-state index contributed by atoms with van der Waals surface area (Å²) in [5, 5.41) is 3.24. The van der Waals surface area contributed by atoms with Crippen LogP contribution >= 0.6 is 15.9 Å². The molecule has 1 rings (SSSR count). The Bertz CT molecular complexity index is 347. The van der Waals surface area contributed by atoms with E-state index in [2.05, 4.69) is 21.2 Å². The number of ketones is 1. The number of hydrogen-bond acceptors (Lipinski definition) is 2. The van der Waals surface area contributed by atoms with Gasteiger partial charge < -0.3 is 5.32 Å². The Kier molecular flexibility index (Phi) is 3.69. The summed E-state index contributed by atoms with van der Waals surface area (Å²) in [5.74, 6) is 0.0782. The van der Waals surface area contributed by atoms with E-state index in [0.717, 1.165) is 15.7 Å². The van der Waals surface area contributed by atoms with Gasteiger partial charge in [0.2, 0.25) is 0 Å². The molecule has 0 aliphatic carbocycles. The number of rotatable bonds is 3. The molecule has 0 amide bonds. The maximum atomic E-state index is 11.3. The highest BCUT2D eigenvalue weighted by Crippen LogP contribution is 2.22. The number of nitrogens with one attached hydrogen (secondary N) is 1. The molecule has 0 radical (unpaired) electrons. The molecule has 0 bridgehead atoms. The predicted octanol–water partition coefficient (Wildman–Crippen LogP) is 3.47. The van der Waals surface area contributed by atoms with Crippen LogP contribution < -0.4 is 5.32 Å². The van der Waals surface area contributed by atoms with Crippen molar-refractivity contribution in [3.05, 3.63) is 28.2 Å². The van der Waals surface area contributed by atoms with Crippen LogP contribution in [0, 0.1) is 0 Å². The van der Waals surface area contributed by atoms with Crippen molar-refractivity contribution < 1.29 is 4.79 Å². The van der Waals surface area contributed by atoms with Gasteiger partial charge in [0.25, 0.3) is 0 Å². The van der Waals surface area contributed by atoms with Crippen LogP contribution in [0.2, 0.25) is 0 Å². The summed E-state index contributed by atoms with van der Waals surface area (Å²) in [5.41, 5.74) is 1.63. The van der Waals surface area contributed by atoms with Crippen LogP contribution in [0.4, 0.5) is 5.69 Å². The summed E-state index contributed by atoms with van der Waals surface area (Å²) in [6.07, 6.45) is 0. The Balaban J connectivity index is 3.08. The van der Waals surface area contributed by atoms with Crippen LogP contribution in [0.1, 0.15) is 31.1 Å². The van der Waals surface area contributed by atoms with E-state index in [1.807, 2.05) is 32.0 Å². The number of hydrogen-bond donors (Lipinski definition) is 1. The largest absolute Gasteiger partial charge is 0.382 e. The molecule has 0 aromatic heterocycles. The lowest BCUT2D eigenvalue weighted by Crippen LogP contribution is -2.12. The lowest BCUT2D eigenvalue weighted by atomic mass is 10.1. The zero-order chi connectivity index (χ0) is 10.7. The molecule has 0 heterocycles. The summed E-state index contributed by atoms with van der Waals surface area (Å²) in [6.45, 7) is 5.67. The summed E-state index contributed by atoms with van der Waals surface area (Å²) in [7, 11) is 0. The van der Waals surface area contributed by atoms with Gasteiger partial charge in [0.1, 0.15) is 0 Å². The van der Waals surface area contributed by atoms with Gasteiger partial charge in [-0.25, -0.2) is 0 Å². The second kappa shape index (κ2) is 4.60. The first-order valence-corrected chi connectivity index (χ1v) is 5.37. The van der Waals surface area contributed by atoms with Gasteiger partial charge in [0.05, 0.1) is 0 Å². The highest BCUT2D eigenvalue weighted by molar-refractivity contribution is 9.10. The van der Waals surface area contributed by atoms with Crippen LogP contribution in [-0.4, -0.2) is 11.8 Å². The fourth-order valence-corrected chi connectivity index (χ4v) is 1.61. The van der Waals surface area contributed by atoms with Gasteiger partial charge in [-0.15, -0.1) is 0 Å². The smallest absolute Gasteiger partial charge is 0.161 e. The van der Waals surface area contributed by atoms with Crippen molar-refractivity contribution in [1.82, 2.24) is 0 Å². The summed E-state index contributed by atoms with van der Waals surface area (Å²) < 4.78 is 0.928.